The van der Waals surface area contributed by atoms with Crippen LogP contribution in [0.2, 0.25) is 0 Å². The lowest BCUT2D eigenvalue weighted by Crippen LogP contribution is -2.34. The van der Waals surface area contributed by atoms with Crippen molar-refractivity contribution in [3.8, 4) is 17.2 Å². The second-order valence-corrected chi connectivity index (χ2v) is 6.09. The predicted molar refractivity (Wildman–Crippen MR) is 103 cm³/mol. The van der Waals surface area contributed by atoms with Crippen molar-refractivity contribution >= 4 is 11.7 Å². The Hall–Kier alpha value is -3.09. The lowest BCUT2D eigenvalue weighted by atomic mass is 10.1. The molecule has 7 heteroatoms. The first-order valence-electron chi connectivity index (χ1n) is 8.81. The van der Waals surface area contributed by atoms with Gasteiger partial charge in [0.05, 0.1) is 14.2 Å². The van der Waals surface area contributed by atoms with E-state index in [1.54, 1.807) is 29.2 Å². The van der Waals surface area contributed by atoms with Crippen LogP contribution in [-0.2, 0) is 11.3 Å². The fourth-order valence-electron chi connectivity index (χ4n) is 2.64. The van der Waals surface area contributed by atoms with Crippen molar-refractivity contribution in [2.45, 2.75) is 20.4 Å². The van der Waals surface area contributed by atoms with Gasteiger partial charge in [-0.15, -0.1) is 0 Å². The third-order valence-corrected chi connectivity index (χ3v) is 4.25. The Kier molecular flexibility index (Phi) is 7.37. The maximum absolute atomic E-state index is 13.9. The van der Waals surface area contributed by atoms with Crippen LogP contribution in [0.5, 0.6) is 17.2 Å². The molecule has 0 aromatic heterocycles. The molecular weight excluding hydrogens is 365 g/mol. The highest BCUT2D eigenvalue weighted by Gasteiger charge is 2.16. The van der Waals surface area contributed by atoms with Crippen molar-refractivity contribution in [1.82, 2.24) is 4.90 Å². The number of carbonyl (C=O) groups is 2. The van der Waals surface area contributed by atoms with E-state index in [1.165, 1.54) is 33.3 Å². The van der Waals surface area contributed by atoms with Gasteiger partial charge in [-0.05, 0) is 49.7 Å². The van der Waals surface area contributed by atoms with Crippen LogP contribution in [0.15, 0.2) is 36.4 Å². The predicted octanol–water partition coefficient (Wildman–Crippen LogP) is 3.47. The minimum absolute atomic E-state index is 0.0928. The number of carbonyl (C=O) groups excluding carboxylic acids is 2. The normalized spacial score (nSPS) is 10.3. The van der Waals surface area contributed by atoms with Gasteiger partial charge in [0.25, 0.3) is 5.91 Å². The van der Waals surface area contributed by atoms with Crippen LogP contribution in [0.1, 0.15) is 29.8 Å². The zero-order valence-corrected chi connectivity index (χ0v) is 16.5. The van der Waals surface area contributed by atoms with Crippen LogP contribution in [-0.4, -0.2) is 44.0 Å². The standard InChI is InChI=1S/C21H24FNO5/c1-5-23(12-15-6-8-18(26-3)17(22)10-15)21(25)13-28-19-9-7-16(14(2)24)11-20(19)27-4/h6-11H,5,12-13H2,1-4H3. The minimum Gasteiger partial charge on any atom is -0.494 e. The molecular formula is C21H24FNO5. The molecule has 2 aromatic carbocycles. The second kappa shape index (κ2) is 9.73. The summed E-state index contributed by atoms with van der Waals surface area (Å²) in [5, 5.41) is 0. The largest absolute Gasteiger partial charge is 0.494 e. The van der Waals surface area contributed by atoms with Crippen molar-refractivity contribution in [3.05, 3.63) is 53.3 Å². The first-order chi connectivity index (χ1) is 13.4. The van der Waals surface area contributed by atoms with Gasteiger partial charge in [0.1, 0.15) is 0 Å². The molecule has 0 unspecified atom stereocenters. The first-order valence-corrected chi connectivity index (χ1v) is 8.81. The molecule has 0 aliphatic rings. The van der Waals surface area contributed by atoms with Crippen molar-refractivity contribution in [3.63, 3.8) is 0 Å². The molecule has 28 heavy (non-hydrogen) atoms. The van der Waals surface area contributed by atoms with Crippen molar-refractivity contribution < 1.29 is 28.2 Å². The molecule has 6 nitrogen and oxygen atoms in total. The van der Waals surface area contributed by atoms with Crippen LogP contribution < -0.4 is 14.2 Å². The average Bonchev–Trinajstić information content (AvgIpc) is 2.70. The fraction of sp³-hybridized carbons (Fsp3) is 0.333. The van der Waals surface area contributed by atoms with E-state index < -0.39 is 5.82 Å². The molecule has 0 spiro atoms. The quantitative estimate of drug-likeness (QED) is 0.615. The number of ketones is 1. The summed E-state index contributed by atoms with van der Waals surface area (Å²) in [6, 6.07) is 9.36. The summed E-state index contributed by atoms with van der Waals surface area (Å²) >= 11 is 0. The highest BCUT2D eigenvalue weighted by Crippen LogP contribution is 2.28. The average molecular weight is 389 g/mol. The molecule has 0 aliphatic heterocycles. The lowest BCUT2D eigenvalue weighted by Gasteiger charge is -2.21. The monoisotopic (exact) mass is 389 g/mol. The molecule has 0 radical (unpaired) electrons. The smallest absolute Gasteiger partial charge is 0.260 e. The number of methoxy groups -OCH3 is 2. The zero-order chi connectivity index (χ0) is 20.7. The van der Waals surface area contributed by atoms with Crippen LogP contribution in [0.25, 0.3) is 0 Å². The van der Waals surface area contributed by atoms with E-state index in [0.29, 0.717) is 29.2 Å². The molecule has 2 aromatic rings. The summed E-state index contributed by atoms with van der Waals surface area (Å²) in [7, 11) is 2.86. The summed E-state index contributed by atoms with van der Waals surface area (Å²) in [6.07, 6.45) is 0. The molecule has 150 valence electrons. The molecule has 1 amide bonds. The van der Waals surface area contributed by atoms with Crippen molar-refractivity contribution in [1.29, 1.82) is 0 Å². The number of likely N-dealkylation sites (N-methyl/N-ethyl adjacent to an activating group) is 1. The molecule has 0 bridgehead atoms. The molecule has 2 rings (SSSR count). The van der Waals surface area contributed by atoms with Gasteiger partial charge in [-0.2, -0.15) is 0 Å². The Morgan fingerprint density at radius 3 is 2.25 bits per heavy atom. The first kappa shape index (κ1) is 21.2. The van der Waals surface area contributed by atoms with Gasteiger partial charge in [-0.25, -0.2) is 4.39 Å². The Morgan fingerprint density at radius 1 is 1.00 bits per heavy atom. The third-order valence-electron chi connectivity index (χ3n) is 4.25. The Labute approximate surface area is 163 Å². The van der Waals surface area contributed by atoms with E-state index in [1.807, 2.05) is 6.92 Å². The summed E-state index contributed by atoms with van der Waals surface area (Å²) < 4.78 is 29.6. The van der Waals surface area contributed by atoms with Gasteiger partial charge in [-0.3, -0.25) is 9.59 Å². The summed E-state index contributed by atoms with van der Waals surface area (Å²) in [5.74, 6) is 0.0759. The summed E-state index contributed by atoms with van der Waals surface area (Å²) in [5.41, 5.74) is 1.14. The summed E-state index contributed by atoms with van der Waals surface area (Å²) in [6.45, 7) is 3.78. The van der Waals surface area contributed by atoms with Gasteiger partial charge in [0.15, 0.2) is 35.5 Å². The van der Waals surface area contributed by atoms with Crippen LogP contribution in [0, 0.1) is 5.82 Å². The van der Waals surface area contributed by atoms with E-state index in [9.17, 15) is 14.0 Å². The Balaban J connectivity index is 2.04. The molecule has 0 saturated heterocycles. The summed E-state index contributed by atoms with van der Waals surface area (Å²) in [4.78, 5) is 25.5. The highest BCUT2D eigenvalue weighted by atomic mass is 19.1. The van der Waals surface area contributed by atoms with Crippen molar-refractivity contribution in [2.75, 3.05) is 27.4 Å². The third kappa shape index (κ3) is 5.22. The van der Waals surface area contributed by atoms with E-state index in [-0.39, 0.29) is 30.6 Å². The lowest BCUT2D eigenvalue weighted by molar-refractivity contribution is -0.133. The number of rotatable bonds is 9. The van der Waals surface area contributed by atoms with Crippen LogP contribution >= 0.6 is 0 Å². The molecule has 0 aliphatic carbocycles. The minimum atomic E-state index is -0.477. The zero-order valence-electron chi connectivity index (χ0n) is 16.5. The van der Waals surface area contributed by atoms with Crippen molar-refractivity contribution in [2.24, 2.45) is 0 Å². The molecule has 0 N–H and O–H groups in total. The van der Waals surface area contributed by atoms with Gasteiger partial charge in [-0.1, -0.05) is 6.07 Å². The molecule has 0 atom stereocenters. The number of amides is 1. The number of benzene rings is 2. The van der Waals surface area contributed by atoms with E-state index in [0.717, 1.165) is 0 Å². The molecule has 0 saturated carbocycles. The van der Waals surface area contributed by atoms with Crippen LogP contribution in [0.4, 0.5) is 4.39 Å². The van der Waals surface area contributed by atoms with Gasteiger partial charge < -0.3 is 19.1 Å². The number of Topliss-reactive ketones (excluding diaryl/α,β-unsaturated/α-hetero) is 1. The topological polar surface area (TPSA) is 65.1 Å². The maximum Gasteiger partial charge on any atom is 0.260 e. The number of ether oxygens (including phenoxy) is 3. The number of hydrogen-bond acceptors (Lipinski definition) is 5. The fourth-order valence-corrected chi connectivity index (χ4v) is 2.64. The van der Waals surface area contributed by atoms with E-state index in [4.69, 9.17) is 14.2 Å². The van der Waals surface area contributed by atoms with Crippen LogP contribution in [0.3, 0.4) is 0 Å². The van der Waals surface area contributed by atoms with Gasteiger partial charge >= 0.3 is 0 Å². The van der Waals surface area contributed by atoms with Gasteiger partial charge in [0.2, 0.25) is 0 Å². The molecule has 0 fully saturated rings. The number of nitrogens with zero attached hydrogens (tertiary/aromatic N) is 1. The van der Waals surface area contributed by atoms with Gasteiger partial charge in [0, 0.05) is 18.7 Å². The molecule has 0 heterocycles. The maximum atomic E-state index is 13.9. The van der Waals surface area contributed by atoms with E-state index >= 15 is 0 Å². The Morgan fingerprint density at radius 2 is 1.68 bits per heavy atom. The number of halogens is 1. The highest BCUT2D eigenvalue weighted by molar-refractivity contribution is 5.94. The second-order valence-electron chi connectivity index (χ2n) is 6.09. The Bertz CT molecular complexity index is 853. The SMILES string of the molecule is CCN(Cc1ccc(OC)c(F)c1)C(=O)COc1ccc(C(C)=O)cc1OC. The van der Waals surface area contributed by atoms with E-state index in [2.05, 4.69) is 0 Å². The number of hydrogen-bond donors (Lipinski definition) is 0.